The summed E-state index contributed by atoms with van der Waals surface area (Å²) in [7, 11) is 2.23. The fourth-order valence-corrected chi connectivity index (χ4v) is 2.47. The van der Waals surface area contributed by atoms with E-state index < -0.39 is 0 Å². The number of hydrogen-bond acceptors (Lipinski definition) is 2. The second-order valence-electron chi connectivity index (χ2n) is 6.28. The first-order valence-electron chi connectivity index (χ1n) is 7.39. The van der Waals surface area contributed by atoms with E-state index in [1.807, 2.05) is 0 Å². The third kappa shape index (κ3) is 5.75. The highest BCUT2D eigenvalue weighted by atomic mass is 15.2. The first-order valence-corrected chi connectivity index (χ1v) is 7.39. The van der Waals surface area contributed by atoms with E-state index in [1.54, 1.807) is 0 Å². The highest BCUT2D eigenvalue weighted by Gasteiger charge is 2.18. The zero-order valence-corrected chi connectivity index (χ0v) is 13.4. The fourth-order valence-electron chi connectivity index (χ4n) is 2.47. The Morgan fingerprint density at radius 3 is 2.37 bits per heavy atom. The Labute approximate surface area is 119 Å². The Balaban J connectivity index is 2.63. The maximum atomic E-state index is 3.56. The van der Waals surface area contributed by atoms with Crippen molar-refractivity contribution in [2.45, 2.75) is 53.2 Å². The van der Waals surface area contributed by atoms with E-state index in [0.717, 1.165) is 13.1 Å². The smallest absolute Gasteiger partial charge is 0.0244 e. The second-order valence-corrected chi connectivity index (χ2v) is 6.28. The summed E-state index contributed by atoms with van der Waals surface area (Å²) in [5.74, 6) is 0.654. The standard InChI is InChI=1S/C17H30N2/c1-13(2)17(11-18-14(3)4)19(6)12-16-9-7-8-15(5)10-16/h7-10,13-14,17-18H,11-12H2,1-6H3. The Bertz CT molecular complexity index is 371. The van der Waals surface area contributed by atoms with Crippen LogP contribution in [0.5, 0.6) is 0 Å². The van der Waals surface area contributed by atoms with Gasteiger partial charge >= 0.3 is 0 Å². The van der Waals surface area contributed by atoms with Gasteiger partial charge in [-0.3, -0.25) is 4.90 Å². The summed E-state index contributed by atoms with van der Waals surface area (Å²) in [5.41, 5.74) is 2.74. The SMILES string of the molecule is Cc1cccc(CN(C)C(CNC(C)C)C(C)C)c1. The molecule has 19 heavy (non-hydrogen) atoms. The molecule has 108 valence electrons. The lowest BCUT2D eigenvalue weighted by Crippen LogP contribution is -2.44. The van der Waals surface area contributed by atoms with Gasteiger partial charge in [0.2, 0.25) is 0 Å². The topological polar surface area (TPSA) is 15.3 Å². The molecule has 0 aliphatic rings. The van der Waals surface area contributed by atoms with E-state index in [0.29, 0.717) is 18.0 Å². The lowest BCUT2D eigenvalue weighted by Gasteiger charge is -2.32. The van der Waals surface area contributed by atoms with Crippen LogP contribution in [0.4, 0.5) is 0 Å². The maximum absolute atomic E-state index is 3.56. The molecule has 0 saturated carbocycles. The highest BCUT2D eigenvalue weighted by molar-refractivity contribution is 5.22. The Kier molecular flexibility index (Phi) is 6.53. The maximum Gasteiger partial charge on any atom is 0.0244 e. The first-order chi connectivity index (χ1) is 8.90. The number of nitrogens with zero attached hydrogens (tertiary/aromatic N) is 1. The van der Waals surface area contributed by atoms with Crippen LogP contribution in [-0.2, 0) is 6.54 Å². The monoisotopic (exact) mass is 262 g/mol. The summed E-state index contributed by atoms with van der Waals surface area (Å²) < 4.78 is 0. The molecule has 0 spiro atoms. The van der Waals surface area contributed by atoms with E-state index in [-0.39, 0.29) is 0 Å². The van der Waals surface area contributed by atoms with E-state index in [2.05, 4.69) is 76.1 Å². The number of nitrogens with one attached hydrogen (secondary N) is 1. The molecule has 0 heterocycles. The molecule has 0 aliphatic carbocycles. The van der Waals surface area contributed by atoms with Gasteiger partial charge in [-0.15, -0.1) is 0 Å². The van der Waals surface area contributed by atoms with E-state index >= 15 is 0 Å². The molecular weight excluding hydrogens is 232 g/mol. The predicted molar refractivity (Wildman–Crippen MR) is 84.4 cm³/mol. The van der Waals surface area contributed by atoms with Crippen molar-refractivity contribution < 1.29 is 0 Å². The van der Waals surface area contributed by atoms with Gasteiger partial charge in [-0.25, -0.2) is 0 Å². The van der Waals surface area contributed by atoms with Crippen molar-refractivity contribution >= 4 is 0 Å². The second kappa shape index (κ2) is 7.66. The van der Waals surface area contributed by atoms with Gasteiger partial charge < -0.3 is 5.32 Å². The zero-order chi connectivity index (χ0) is 14.4. The minimum atomic E-state index is 0.550. The van der Waals surface area contributed by atoms with Gasteiger partial charge in [-0.2, -0.15) is 0 Å². The lowest BCUT2D eigenvalue weighted by molar-refractivity contribution is 0.177. The minimum Gasteiger partial charge on any atom is -0.313 e. The molecule has 0 bridgehead atoms. The summed E-state index contributed by atoms with van der Waals surface area (Å²) >= 11 is 0. The summed E-state index contributed by atoms with van der Waals surface area (Å²) in [4.78, 5) is 2.47. The molecule has 1 aromatic rings. The number of hydrogen-bond donors (Lipinski definition) is 1. The Hall–Kier alpha value is -0.860. The molecule has 0 saturated heterocycles. The van der Waals surface area contributed by atoms with Gasteiger partial charge in [-0.1, -0.05) is 57.5 Å². The van der Waals surface area contributed by atoms with Crippen molar-refractivity contribution in [2.24, 2.45) is 5.92 Å². The molecule has 0 aliphatic heterocycles. The highest BCUT2D eigenvalue weighted by Crippen LogP contribution is 2.13. The Morgan fingerprint density at radius 1 is 1.16 bits per heavy atom. The van der Waals surface area contributed by atoms with E-state index in [4.69, 9.17) is 0 Å². The van der Waals surface area contributed by atoms with Crippen LogP contribution in [0.1, 0.15) is 38.8 Å². The van der Waals surface area contributed by atoms with Crippen molar-refractivity contribution in [3.8, 4) is 0 Å². The van der Waals surface area contributed by atoms with Crippen LogP contribution in [0.15, 0.2) is 24.3 Å². The van der Waals surface area contributed by atoms with Crippen LogP contribution in [-0.4, -0.2) is 30.6 Å². The van der Waals surface area contributed by atoms with Crippen LogP contribution in [0.2, 0.25) is 0 Å². The minimum absolute atomic E-state index is 0.550. The third-order valence-corrected chi connectivity index (χ3v) is 3.59. The molecule has 1 aromatic carbocycles. The van der Waals surface area contributed by atoms with Crippen molar-refractivity contribution in [3.63, 3.8) is 0 Å². The average molecular weight is 262 g/mol. The third-order valence-electron chi connectivity index (χ3n) is 3.59. The molecule has 2 heteroatoms. The fraction of sp³-hybridized carbons (Fsp3) is 0.647. The largest absolute Gasteiger partial charge is 0.313 e. The molecule has 0 radical (unpaired) electrons. The Morgan fingerprint density at radius 2 is 1.84 bits per heavy atom. The molecule has 0 aromatic heterocycles. The summed E-state index contributed by atoms with van der Waals surface area (Å²) in [6.45, 7) is 13.3. The van der Waals surface area contributed by atoms with Crippen molar-refractivity contribution in [2.75, 3.05) is 13.6 Å². The summed E-state index contributed by atoms with van der Waals surface area (Å²) in [6, 6.07) is 9.93. The number of benzene rings is 1. The molecule has 1 atom stereocenters. The van der Waals surface area contributed by atoms with Crippen LogP contribution in [0.3, 0.4) is 0 Å². The molecule has 1 rings (SSSR count). The van der Waals surface area contributed by atoms with Crippen molar-refractivity contribution in [3.05, 3.63) is 35.4 Å². The number of aryl methyl sites for hydroxylation is 1. The van der Waals surface area contributed by atoms with Gasteiger partial charge in [0.1, 0.15) is 0 Å². The van der Waals surface area contributed by atoms with Gasteiger partial charge in [-0.05, 0) is 25.5 Å². The first kappa shape index (κ1) is 16.2. The average Bonchev–Trinajstić information content (AvgIpc) is 2.28. The van der Waals surface area contributed by atoms with Gasteiger partial charge in [0.25, 0.3) is 0 Å². The molecular formula is C17H30N2. The van der Waals surface area contributed by atoms with Crippen LogP contribution < -0.4 is 5.32 Å². The zero-order valence-electron chi connectivity index (χ0n) is 13.4. The molecule has 1 unspecified atom stereocenters. The predicted octanol–water partition coefficient (Wildman–Crippen LogP) is 3.45. The molecule has 1 N–H and O–H groups in total. The molecule has 0 amide bonds. The van der Waals surface area contributed by atoms with Gasteiger partial charge in [0.05, 0.1) is 0 Å². The van der Waals surface area contributed by atoms with Crippen LogP contribution in [0.25, 0.3) is 0 Å². The van der Waals surface area contributed by atoms with Crippen LogP contribution in [0, 0.1) is 12.8 Å². The van der Waals surface area contributed by atoms with Gasteiger partial charge in [0.15, 0.2) is 0 Å². The number of rotatable bonds is 7. The van der Waals surface area contributed by atoms with Crippen molar-refractivity contribution in [1.82, 2.24) is 10.2 Å². The summed E-state index contributed by atoms with van der Waals surface area (Å²) in [5, 5.41) is 3.56. The van der Waals surface area contributed by atoms with Crippen LogP contribution >= 0.6 is 0 Å². The molecule has 0 fully saturated rings. The lowest BCUT2D eigenvalue weighted by atomic mass is 10.0. The molecule has 2 nitrogen and oxygen atoms in total. The normalized spacial score (nSPS) is 13.5. The van der Waals surface area contributed by atoms with Gasteiger partial charge in [0, 0.05) is 25.2 Å². The van der Waals surface area contributed by atoms with E-state index in [1.165, 1.54) is 11.1 Å². The summed E-state index contributed by atoms with van der Waals surface area (Å²) in [6.07, 6.45) is 0. The van der Waals surface area contributed by atoms with E-state index in [9.17, 15) is 0 Å². The number of likely N-dealkylation sites (N-methyl/N-ethyl adjacent to an activating group) is 1. The van der Waals surface area contributed by atoms with Crippen molar-refractivity contribution in [1.29, 1.82) is 0 Å². The quantitative estimate of drug-likeness (QED) is 0.809.